The molecule has 0 aliphatic heterocycles. The summed E-state index contributed by atoms with van der Waals surface area (Å²) in [5.74, 6) is 10.4. The van der Waals surface area contributed by atoms with Crippen molar-refractivity contribution in [3.05, 3.63) is 23.3 Å². The van der Waals surface area contributed by atoms with Crippen LogP contribution >= 0.6 is 0 Å². The number of ether oxygens (including phenoxy) is 1. The number of nitrogens with zero attached hydrogens (tertiary/aromatic N) is 2. The molecular formula is C11H17N5O3. The lowest BCUT2D eigenvalue weighted by atomic mass is 10.1. The van der Waals surface area contributed by atoms with Crippen LogP contribution in [0.15, 0.2) is 12.1 Å². The predicted octanol–water partition coefficient (Wildman–Crippen LogP) is -0.0306. The minimum atomic E-state index is -0.649. The number of carbonyl (C=O) groups excluding carboxylic acids is 2. The predicted molar refractivity (Wildman–Crippen MR) is 70.9 cm³/mol. The first-order valence-electron chi connectivity index (χ1n) is 5.35. The Balaban J connectivity index is 3.33. The standard InChI is InChI=1S/C11H17N5O3/c1-6-8(10(17)19-3)4-7(12)5-9(6)16(14)11(18)15(2)13/h4-5H,12-14H2,1-3H3. The highest BCUT2D eigenvalue weighted by Gasteiger charge is 2.21. The number of benzene rings is 1. The highest BCUT2D eigenvalue weighted by atomic mass is 16.5. The zero-order valence-corrected chi connectivity index (χ0v) is 11.0. The highest BCUT2D eigenvalue weighted by Crippen LogP contribution is 2.26. The Morgan fingerprint density at radius 1 is 1.26 bits per heavy atom. The summed E-state index contributed by atoms with van der Waals surface area (Å²) in [6, 6.07) is 2.28. The Bertz CT molecular complexity index is 515. The van der Waals surface area contributed by atoms with Crippen LogP contribution in [0.3, 0.4) is 0 Å². The van der Waals surface area contributed by atoms with Crippen molar-refractivity contribution < 1.29 is 14.3 Å². The van der Waals surface area contributed by atoms with Crippen LogP contribution in [0.5, 0.6) is 0 Å². The Labute approximate surface area is 110 Å². The summed E-state index contributed by atoms with van der Waals surface area (Å²) >= 11 is 0. The van der Waals surface area contributed by atoms with Gasteiger partial charge in [0, 0.05) is 12.7 Å². The van der Waals surface area contributed by atoms with Crippen molar-refractivity contribution in [3.63, 3.8) is 0 Å². The molecule has 0 heterocycles. The Morgan fingerprint density at radius 2 is 1.84 bits per heavy atom. The smallest absolute Gasteiger partial charge is 0.352 e. The van der Waals surface area contributed by atoms with Gasteiger partial charge < -0.3 is 10.5 Å². The van der Waals surface area contributed by atoms with Crippen molar-refractivity contribution in [2.24, 2.45) is 11.7 Å². The molecule has 0 aromatic heterocycles. The number of amides is 2. The molecule has 104 valence electrons. The Kier molecular flexibility index (Phi) is 4.30. The minimum absolute atomic E-state index is 0.237. The van der Waals surface area contributed by atoms with E-state index in [0.717, 1.165) is 10.0 Å². The maximum absolute atomic E-state index is 11.7. The first kappa shape index (κ1) is 14.7. The third-order valence-electron chi connectivity index (χ3n) is 2.58. The van der Waals surface area contributed by atoms with E-state index in [0.29, 0.717) is 5.56 Å². The molecule has 8 heteroatoms. The number of nitrogens with two attached hydrogens (primary N) is 3. The van der Waals surface area contributed by atoms with Crippen molar-refractivity contribution >= 4 is 23.4 Å². The van der Waals surface area contributed by atoms with Crippen LogP contribution in [0.2, 0.25) is 0 Å². The van der Waals surface area contributed by atoms with Crippen LogP contribution in [-0.2, 0) is 4.74 Å². The van der Waals surface area contributed by atoms with E-state index in [4.69, 9.17) is 17.4 Å². The fourth-order valence-corrected chi connectivity index (χ4v) is 1.57. The number of rotatable bonds is 2. The molecule has 1 rings (SSSR count). The first-order chi connectivity index (χ1) is 8.79. The van der Waals surface area contributed by atoms with Gasteiger partial charge >= 0.3 is 12.0 Å². The van der Waals surface area contributed by atoms with Crippen LogP contribution in [-0.4, -0.2) is 31.2 Å². The molecule has 0 atom stereocenters. The molecule has 1 aromatic carbocycles. The number of hydrogen-bond acceptors (Lipinski definition) is 6. The number of hydrogen-bond donors (Lipinski definition) is 3. The summed E-state index contributed by atoms with van der Waals surface area (Å²) in [5.41, 5.74) is 6.96. The molecule has 0 spiro atoms. The largest absolute Gasteiger partial charge is 0.465 e. The average molecular weight is 267 g/mol. The number of esters is 1. The van der Waals surface area contributed by atoms with Crippen molar-refractivity contribution in [2.75, 3.05) is 24.9 Å². The summed E-state index contributed by atoms with van der Waals surface area (Å²) < 4.78 is 4.64. The Morgan fingerprint density at radius 3 is 2.32 bits per heavy atom. The molecule has 6 N–H and O–H groups in total. The van der Waals surface area contributed by atoms with Gasteiger partial charge in [0.25, 0.3) is 0 Å². The molecular weight excluding hydrogens is 250 g/mol. The van der Waals surface area contributed by atoms with Gasteiger partial charge in [0.1, 0.15) is 0 Å². The third kappa shape index (κ3) is 2.92. The molecule has 0 saturated heterocycles. The van der Waals surface area contributed by atoms with Gasteiger partial charge in [0.05, 0.1) is 18.4 Å². The molecule has 2 amide bonds. The molecule has 1 aromatic rings. The number of urea groups is 1. The molecule has 19 heavy (non-hydrogen) atoms. The summed E-state index contributed by atoms with van der Waals surface area (Å²) in [6.07, 6.45) is 0. The fourth-order valence-electron chi connectivity index (χ4n) is 1.57. The second kappa shape index (κ2) is 5.55. The Hall–Kier alpha value is -2.32. The van der Waals surface area contributed by atoms with Gasteiger partial charge in [-0.1, -0.05) is 0 Å². The van der Waals surface area contributed by atoms with E-state index in [-0.39, 0.29) is 16.9 Å². The van der Waals surface area contributed by atoms with Crippen molar-refractivity contribution in [1.82, 2.24) is 5.01 Å². The van der Waals surface area contributed by atoms with Gasteiger partial charge in [0.2, 0.25) is 0 Å². The van der Waals surface area contributed by atoms with E-state index in [1.807, 2.05) is 0 Å². The second-order valence-electron chi connectivity index (χ2n) is 3.97. The number of methoxy groups -OCH3 is 1. The van der Waals surface area contributed by atoms with Gasteiger partial charge in [-0.3, -0.25) is 5.01 Å². The summed E-state index contributed by atoms with van der Waals surface area (Å²) in [7, 11) is 2.61. The second-order valence-corrected chi connectivity index (χ2v) is 3.97. The number of anilines is 2. The molecule has 0 saturated carbocycles. The first-order valence-corrected chi connectivity index (χ1v) is 5.35. The van der Waals surface area contributed by atoms with Crippen molar-refractivity contribution in [2.45, 2.75) is 6.92 Å². The summed E-state index contributed by atoms with van der Waals surface area (Å²) in [6.45, 7) is 1.63. The van der Waals surface area contributed by atoms with Crippen molar-refractivity contribution in [1.29, 1.82) is 0 Å². The maximum Gasteiger partial charge on any atom is 0.352 e. The van der Waals surface area contributed by atoms with E-state index < -0.39 is 12.0 Å². The molecule has 0 unspecified atom stereocenters. The van der Waals surface area contributed by atoms with E-state index in [9.17, 15) is 9.59 Å². The monoisotopic (exact) mass is 267 g/mol. The number of carbonyl (C=O) groups is 2. The molecule has 0 aliphatic rings. The van der Waals surface area contributed by atoms with E-state index in [2.05, 4.69) is 4.74 Å². The van der Waals surface area contributed by atoms with Gasteiger partial charge in [0.15, 0.2) is 0 Å². The molecule has 8 nitrogen and oxygen atoms in total. The fraction of sp³-hybridized carbons (Fsp3) is 0.273. The minimum Gasteiger partial charge on any atom is -0.465 e. The van der Waals surface area contributed by atoms with E-state index >= 15 is 0 Å². The van der Waals surface area contributed by atoms with Gasteiger partial charge in [-0.25, -0.2) is 26.3 Å². The number of hydrazine groups is 2. The zero-order chi connectivity index (χ0) is 14.7. The topological polar surface area (TPSA) is 128 Å². The summed E-state index contributed by atoms with van der Waals surface area (Å²) in [4.78, 5) is 23.3. The van der Waals surface area contributed by atoms with Gasteiger partial charge in [-0.15, -0.1) is 0 Å². The molecule has 0 fully saturated rings. The normalized spacial score (nSPS) is 9.95. The van der Waals surface area contributed by atoms with Crippen LogP contribution in [0.25, 0.3) is 0 Å². The van der Waals surface area contributed by atoms with Crippen LogP contribution in [0.1, 0.15) is 15.9 Å². The van der Waals surface area contributed by atoms with Crippen LogP contribution in [0.4, 0.5) is 16.2 Å². The molecule has 0 aliphatic carbocycles. The number of nitrogen functional groups attached to an aromatic ring is 1. The lowest BCUT2D eigenvalue weighted by molar-refractivity contribution is 0.0600. The third-order valence-corrected chi connectivity index (χ3v) is 2.58. The van der Waals surface area contributed by atoms with Crippen LogP contribution in [0, 0.1) is 6.92 Å². The van der Waals surface area contributed by atoms with E-state index in [1.165, 1.54) is 26.3 Å². The molecule has 0 bridgehead atoms. The SMILES string of the molecule is COC(=O)c1cc(N)cc(N(N)C(=O)N(C)N)c1C. The zero-order valence-electron chi connectivity index (χ0n) is 11.0. The van der Waals surface area contributed by atoms with Gasteiger partial charge in [-0.2, -0.15) is 0 Å². The lowest BCUT2D eigenvalue weighted by Gasteiger charge is -2.23. The highest BCUT2D eigenvalue weighted by molar-refractivity contribution is 5.98. The molecule has 0 radical (unpaired) electrons. The average Bonchev–Trinajstić information content (AvgIpc) is 2.38. The lowest BCUT2D eigenvalue weighted by Crippen LogP contribution is -2.49. The van der Waals surface area contributed by atoms with E-state index in [1.54, 1.807) is 6.92 Å². The van der Waals surface area contributed by atoms with Crippen molar-refractivity contribution in [3.8, 4) is 0 Å². The van der Waals surface area contributed by atoms with Gasteiger partial charge in [-0.05, 0) is 24.6 Å². The maximum atomic E-state index is 11.7. The van der Waals surface area contributed by atoms with Crippen LogP contribution < -0.4 is 22.4 Å². The quantitative estimate of drug-likeness (QED) is 0.227. The summed E-state index contributed by atoms with van der Waals surface area (Å²) in [5, 5.41) is 1.64.